The largest absolute Gasteiger partial charge is 0.351 e. The first-order valence-corrected chi connectivity index (χ1v) is 14.4. The van der Waals surface area contributed by atoms with Crippen molar-refractivity contribution >= 4 is 22.7 Å². The van der Waals surface area contributed by atoms with E-state index in [1.807, 2.05) is 30.0 Å². The topological polar surface area (TPSA) is 57.6 Å². The number of rotatable bonds is 6. The molecule has 1 saturated heterocycles. The Morgan fingerprint density at radius 2 is 1.72 bits per heavy atom. The molecule has 2 amide bonds. The van der Waals surface area contributed by atoms with Crippen molar-refractivity contribution in [3.05, 3.63) is 36.0 Å². The number of hydrogen-bond donors (Lipinski definition) is 1. The highest BCUT2D eigenvalue weighted by Crippen LogP contribution is 2.33. The van der Waals surface area contributed by atoms with Gasteiger partial charge >= 0.3 is 0 Å². The number of fused-ring (bicyclic) bond motifs is 3. The SMILES string of the molecule is CC1CCCCN1CCCN1C(=O)c2cc3ccccc3n2CC1(C)C(=O)NC1CCCCCCC1. The summed E-state index contributed by atoms with van der Waals surface area (Å²) in [6, 6.07) is 11.0. The number of hydrogen-bond acceptors (Lipinski definition) is 3. The lowest BCUT2D eigenvalue weighted by Gasteiger charge is -2.45. The number of piperidine rings is 1. The van der Waals surface area contributed by atoms with Crippen LogP contribution >= 0.6 is 0 Å². The van der Waals surface area contributed by atoms with E-state index in [0.29, 0.717) is 24.8 Å². The molecular weight excluding hydrogens is 448 g/mol. The predicted octanol–water partition coefficient (Wildman–Crippen LogP) is 5.35. The maximum Gasteiger partial charge on any atom is 0.271 e. The van der Waals surface area contributed by atoms with E-state index >= 15 is 0 Å². The van der Waals surface area contributed by atoms with Gasteiger partial charge in [0.25, 0.3) is 5.91 Å². The second kappa shape index (κ2) is 11.0. The smallest absolute Gasteiger partial charge is 0.271 e. The Kier molecular flexibility index (Phi) is 7.71. The molecule has 3 aliphatic rings. The van der Waals surface area contributed by atoms with Crippen molar-refractivity contribution in [1.82, 2.24) is 19.7 Å². The van der Waals surface area contributed by atoms with Crippen LogP contribution < -0.4 is 5.32 Å². The lowest BCUT2D eigenvalue weighted by atomic mass is 9.92. The van der Waals surface area contributed by atoms with E-state index in [-0.39, 0.29) is 17.9 Å². The van der Waals surface area contributed by atoms with Crippen molar-refractivity contribution in [2.75, 3.05) is 19.6 Å². The lowest BCUT2D eigenvalue weighted by Crippen LogP contribution is -2.65. The van der Waals surface area contributed by atoms with Gasteiger partial charge in [0.1, 0.15) is 11.2 Å². The summed E-state index contributed by atoms with van der Waals surface area (Å²) in [5.74, 6) is -0.00402. The third-order valence-corrected chi connectivity index (χ3v) is 9.03. The van der Waals surface area contributed by atoms with Crippen molar-refractivity contribution in [3.63, 3.8) is 0 Å². The number of para-hydroxylation sites is 1. The van der Waals surface area contributed by atoms with Crippen LogP contribution in [0.2, 0.25) is 0 Å². The summed E-state index contributed by atoms with van der Waals surface area (Å²) in [6.45, 7) is 7.54. The number of nitrogens with one attached hydrogen (secondary N) is 1. The number of nitrogens with zero attached hydrogens (tertiary/aromatic N) is 3. The molecule has 2 aromatic rings. The minimum atomic E-state index is -0.901. The molecule has 0 spiro atoms. The Morgan fingerprint density at radius 1 is 1.00 bits per heavy atom. The zero-order chi connectivity index (χ0) is 25.1. The fourth-order valence-corrected chi connectivity index (χ4v) is 6.72. The van der Waals surface area contributed by atoms with Crippen LogP contribution in [-0.4, -0.2) is 63.4 Å². The maximum absolute atomic E-state index is 14.0. The molecule has 6 heteroatoms. The predicted molar refractivity (Wildman–Crippen MR) is 145 cm³/mol. The zero-order valence-corrected chi connectivity index (χ0v) is 22.3. The number of likely N-dealkylation sites (tertiary alicyclic amines) is 1. The summed E-state index contributed by atoms with van der Waals surface area (Å²) in [5.41, 5.74) is 0.841. The first-order chi connectivity index (χ1) is 17.5. The lowest BCUT2D eigenvalue weighted by molar-refractivity contribution is -0.133. The monoisotopic (exact) mass is 492 g/mol. The van der Waals surface area contributed by atoms with Crippen molar-refractivity contribution in [1.29, 1.82) is 0 Å². The van der Waals surface area contributed by atoms with Gasteiger partial charge in [-0.05, 0) is 64.6 Å². The Labute approximate surface area is 216 Å². The second-order valence-corrected chi connectivity index (χ2v) is 11.7. The highest BCUT2D eigenvalue weighted by Gasteiger charge is 2.47. The van der Waals surface area contributed by atoms with Crippen LogP contribution in [0.3, 0.4) is 0 Å². The van der Waals surface area contributed by atoms with Crippen LogP contribution in [0.1, 0.15) is 95.0 Å². The molecule has 0 bridgehead atoms. The van der Waals surface area contributed by atoms with E-state index in [2.05, 4.69) is 33.8 Å². The molecule has 1 saturated carbocycles. The zero-order valence-electron chi connectivity index (χ0n) is 22.3. The van der Waals surface area contributed by atoms with Crippen molar-refractivity contribution in [3.8, 4) is 0 Å². The first kappa shape index (κ1) is 25.3. The molecule has 0 radical (unpaired) electrons. The van der Waals surface area contributed by atoms with E-state index in [9.17, 15) is 9.59 Å². The average Bonchev–Trinajstić information content (AvgIpc) is 3.22. The molecule has 2 unspecified atom stereocenters. The second-order valence-electron chi connectivity index (χ2n) is 11.7. The highest BCUT2D eigenvalue weighted by molar-refractivity contribution is 6.03. The normalized spacial score (nSPS) is 26.4. The van der Waals surface area contributed by atoms with Crippen LogP contribution in [0.15, 0.2) is 30.3 Å². The molecule has 36 heavy (non-hydrogen) atoms. The minimum Gasteiger partial charge on any atom is -0.351 e. The fourth-order valence-electron chi connectivity index (χ4n) is 6.72. The molecule has 1 aliphatic carbocycles. The van der Waals surface area contributed by atoms with Gasteiger partial charge in [-0.3, -0.25) is 9.59 Å². The summed E-state index contributed by atoms with van der Waals surface area (Å²) >= 11 is 0. The van der Waals surface area contributed by atoms with E-state index in [4.69, 9.17) is 0 Å². The van der Waals surface area contributed by atoms with Crippen molar-refractivity contribution in [2.45, 2.75) is 109 Å². The summed E-state index contributed by atoms with van der Waals surface area (Å²) in [6.07, 6.45) is 13.0. The van der Waals surface area contributed by atoms with Crippen LogP contribution in [-0.2, 0) is 11.3 Å². The van der Waals surface area contributed by atoms with E-state index in [0.717, 1.165) is 43.3 Å². The molecule has 1 N–H and O–H groups in total. The molecular formula is C30H44N4O2. The van der Waals surface area contributed by atoms with Gasteiger partial charge in [0, 0.05) is 36.1 Å². The number of carbonyl (C=O) groups excluding carboxylic acids is 2. The van der Waals surface area contributed by atoms with Crippen LogP contribution in [0.5, 0.6) is 0 Å². The summed E-state index contributed by atoms with van der Waals surface area (Å²) in [4.78, 5) is 32.4. The molecule has 5 rings (SSSR count). The molecule has 2 aliphatic heterocycles. The van der Waals surface area contributed by atoms with Gasteiger partial charge in [-0.25, -0.2) is 0 Å². The van der Waals surface area contributed by atoms with E-state index < -0.39 is 5.54 Å². The molecule has 2 atom stereocenters. The van der Waals surface area contributed by atoms with Crippen LogP contribution in [0.25, 0.3) is 10.9 Å². The van der Waals surface area contributed by atoms with Crippen LogP contribution in [0, 0.1) is 0 Å². The van der Waals surface area contributed by atoms with Crippen molar-refractivity contribution in [2.24, 2.45) is 0 Å². The van der Waals surface area contributed by atoms with Gasteiger partial charge in [-0.1, -0.05) is 56.7 Å². The third-order valence-electron chi connectivity index (χ3n) is 9.03. The van der Waals surface area contributed by atoms with Gasteiger partial charge in [0.15, 0.2) is 0 Å². The Bertz CT molecular complexity index is 1070. The Morgan fingerprint density at radius 3 is 2.50 bits per heavy atom. The maximum atomic E-state index is 14.0. The standard InChI is InChI=1S/C30H44N4O2/c1-23-13-10-11-18-32(23)19-12-20-34-28(35)27-21-24-14-8-9-17-26(24)33(27)22-30(34,2)29(36)31-25-15-6-4-3-5-7-16-25/h8-9,14,17,21,23,25H,3-7,10-13,15-16,18-20,22H2,1-2H3,(H,31,36). The van der Waals surface area contributed by atoms with Gasteiger partial charge in [-0.2, -0.15) is 0 Å². The van der Waals surface area contributed by atoms with Gasteiger partial charge in [-0.15, -0.1) is 0 Å². The first-order valence-electron chi connectivity index (χ1n) is 14.4. The Balaban J connectivity index is 1.39. The number of aromatic nitrogens is 1. The molecule has 196 valence electrons. The molecule has 6 nitrogen and oxygen atoms in total. The average molecular weight is 493 g/mol. The third kappa shape index (κ3) is 5.06. The summed E-state index contributed by atoms with van der Waals surface area (Å²) < 4.78 is 2.08. The summed E-state index contributed by atoms with van der Waals surface area (Å²) in [5, 5.41) is 4.47. The molecule has 3 heterocycles. The van der Waals surface area contributed by atoms with Gasteiger partial charge < -0.3 is 19.7 Å². The fraction of sp³-hybridized carbons (Fsp3) is 0.667. The van der Waals surface area contributed by atoms with Gasteiger partial charge in [0.05, 0.1) is 6.54 Å². The van der Waals surface area contributed by atoms with Crippen molar-refractivity contribution < 1.29 is 9.59 Å². The molecule has 1 aromatic carbocycles. The van der Waals surface area contributed by atoms with Crippen LogP contribution in [0.4, 0.5) is 0 Å². The Hall–Kier alpha value is -2.34. The minimum absolute atomic E-state index is 0.0104. The molecule has 1 aromatic heterocycles. The quantitative estimate of drug-likeness (QED) is 0.591. The van der Waals surface area contributed by atoms with Gasteiger partial charge in [0.2, 0.25) is 5.91 Å². The number of carbonyl (C=O) groups is 2. The molecule has 2 fully saturated rings. The number of amides is 2. The number of benzene rings is 1. The highest BCUT2D eigenvalue weighted by atomic mass is 16.2. The van der Waals surface area contributed by atoms with E-state index in [1.54, 1.807) is 0 Å². The summed E-state index contributed by atoms with van der Waals surface area (Å²) in [7, 11) is 0. The van der Waals surface area contributed by atoms with E-state index in [1.165, 1.54) is 51.4 Å².